The number of amides is 2. The zero-order chi connectivity index (χ0) is 20.9. The van der Waals surface area contributed by atoms with Crippen molar-refractivity contribution in [3.05, 3.63) is 54.1 Å². The van der Waals surface area contributed by atoms with Gasteiger partial charge in [0.2, 0.25) is 11.8 Å². The number of benzene rings is 2. The molecule has 0 unspecified atom stereocenters. The molecule has 1 aliphatic heterocycles. The van der Waals surface area contributed by atoms with Gasteiger partial charge in [-0.15, -0.1) is 0 Å². The van der Waals surface area contributed by atoms with Gasteiger partial charge >= 0.3 is 0 Å². The van der Waals surface area contributed by atoms with Gasteiger partial charge in [0.25, 0.3) is 0 Å². The maximum Gasteiger partial charge on any atom is 0.227 e. The summed E-state index contributed by atoms with van der Waals surface area (Å²) in [5.74, 6) is 0.143. The van der Waals surface area contributed by atoms with Crippen molar-refractivity contribution >= 4 is 44.2 Å². The van der Waals surface area contributed by atoms with Crippen LogP contribution in [0.5, 0.6) is 0 Å². The van der Waals surface area contributed by atoms with Gasteiger partial charge in [-0.1, -0.05) is 42.5 Å². The Morgan fingerprint density at radius 3 is 2.57 bits per heavy atom. The first-order valence-electron chi connectivity index (χ1n) is 10.4. The van der Waals surface area contributed by atoms with Gasteiger partial charge in [-0.2, -0.15) is 0 Å². The Bertz CT molecular complexity index is 1030. The van der Waals surface area contributed by atoms with Crippen molar-refractivity contribution in [2.45, 2.75) is 26.2 Å². The molecule has 156 valence electrons. The van der Waals surface area contributed by atoms with E-state index in [-0.39, 0.29) is 11.8 Å². The van der Waals surface area contributed by atoms with Crippen molar-refractivity contribution in [2.24, 2.45) is 0 Å². The minimum atomic E-state index is -0.0124. The molecule has 1 N–H and O–H groups in total. The highest BCUT2D eigenvalue weighted by Gasteiger charge is 2.21. The van der Waals surface area contributed by atoms with Crippen molar-refractivity contribution in [3.8, 4) is 0 Å². The molecule has 1 fully saturated rings. The fourth-order valence-electron chi connectivity index (χ4n) is 3.68. The zero-order valence-corrected chi connectivity index (χ0v) is 18.0. The van der Waals surface area contributed by atoms with Crippen molar-refractivity contribution in [1.29, 1.82) is 0 Å². The fraction of sp³-hybridized carbons (Fsp3) is 0.348. The van der Waals surface area contributed by atoms with Crippen LogP contribution < -0.4 is 10.2 Å². The van der Waals surface area contributed by atoms with Crippen LogP contribution in [-0.2, 0) is 16.0 Å². The molecule has 7 heteroatoms. The van der Waals surface area contributed by atoms with Crippen LogP contribution in [0, 0.1) is 0 Å². The molecular weight excluding hydrogens is 396 g/mol. The zero-order valence-electron chi connectivity index (χ0n) is 17.1. The number of hydrogen-bond donors (Lipinski definition) is 1. The summed E-state index contributed by atoms with van der Waals surface area (Å²) in [5, 5.41) is 3.47. The van der Waals surface area contributed by atoms with E-state index in [4.69, 9.17) is 0 Å². The first-order valence-corrected chi connectivity index (χ1v) is 11.2. The van der Waals surface area contributed by atoms with Crippen LogP contribution in [0.2, 0.25) is 0 Å². The fourth-order valence-corrected chi connectivity index (χ4v) is 4.63. The number of rotatable bonds is 6. The molecule has 0 bridgehead atoms. The molecule has 0 saturated carbocycles. The quantitative estimate of drug-likeness (QED) is 0.654. The van der Waals surface area contributed by atoms with Crippen LogP contribution in [0.15, 0.2) is 48.5 Å². The van der Waals surface area contributed by atoms with E-state index in [1.54, 1.807) is 0 Å². The van der Waals surface area contributed by atoms with Crippen LogP contribution in [0.3, 0.4) is 0 Å². The molecule has 0 radical (unpaired) electrons. The Morgan fingerprint density at radius 2 is 1.83 bits per heavy atom. The van der Waals surface area contributed by atoms with E-state index in [1.165, 1.54) is 17.0 Å². The van der Waals surface area contributed by atoms with E-state index in [2.05, 4.69) is 27.3 Å². The molecule has 6 nitrogen and oxygen atoms in total. The average molecular weight is 423 g/mol. The Labute approximate surface area is 180 Å². The maximum absolute atomic E-state index is 12.8. The molecule has 1 aromatic heterocycles. The molecule has 2 aromatic carbocycles. The first kappa shape index (κ1) is 20.3. The number of fused-ring (bicyclic) bond motifs is 1. The highest BCUT2D eigenvalue weighted by atomic mass is 32.1. The number of carbonyl (C=O) groups is 2. The lowest BCUT2D eigenvalue weighted by atomic mass is 10.1. The van der Waals surface area contributed by atoms with E-state index < -0.39 is 0 Å². The largest absolute Gasteiger partial charge is 0.368 e. The topological polar surface area (TPSA) is 65.5 Å². The van der Waals surface area contributed by atoms with Crippen LogP contribution >= 0.6 is 11.3 Å². The van der Waals surface area contributed by atoms with Gasteiger partial charge in [0.15, 0.2) is 5.13 Å². The molecule has 0 aliphatic carbocycles. The number of anilines is 2. The number of para-hydroxylation sites is 1. The van der Waals surface area contributed by atoms with Crippen molar-refractivity contribution in [3.63, 3.8) is 0 Å². The van der Waals surface area contributed by atoms with Crippen molar-refractivity contribution < 1.29 is 9.59 Å². The lowest BCUT2D eigenvalue weighted by Gasteiger charge is -2.36. The predicted octanol–water partition coefficient (Wildman–Crippen LogP) is 3.93. The van der Waals surface area contributed by atoms with Gasteiger partial charge in [-0.05, 0) is 36.2 Å². The Morgan fingerprint density at radius 1 is 1.07 bits per heavy atom. The Balaban J connectivity index is 1.35. The molecule has 1 saturated heterocycles. The maximum atomic E-state index is 12.8. The normalized spacial score (nSPS) is 14.2. The van der Waals surface area contributed by atoms with Gasteiger partial charge in [0.1, 0.15) is 0 Å². The third-order valence-electron chi connectivity index (χ3n) is 5.29. The number of hydrogen-bond acceptors (Lipinski definition) is 5. The molecule has 30 heavy (non-hydrogen) atoms. The van der Waals surface area contributed by atoms with Crippen LogP contribution in [-0.4, -0.2) is 47.9 Å². The lowest BCUT2D eigenvalue weighted by Crippen LogP contribution is -2.49. The first-order chi connectivity index (χ1) is 14.6. The molecule has 2 heterocycles. The van der Waals surface area contributed by atoms with Gasteiger partial charge < -0.3 is 15.1 Å². The summed E-state index contributed by atoms with van der Waals surface area (Å²) in [6.07, 6.45) is 1.69. The second kappa shape index (κ2) is 9.26. The molecule has 0 atom stereocenters. The molecule has 1 aliphatic rings. The van der Waals surface area contributed by atoms with Crippen molar-refractivity contribution in [2.75, 3.05) is 36.4 Å². The van der Waals surface area contributed by atoms with E-state index in [0.717, 1.165) is 48.4 Å². The van der Waals surface area contributed by atoms with Crippen molar-refractivity contribution in [1.82, 2.24) is 9.88 Å². The van der Waals surface area contributed by atoms with Crippen LogP contribution in [0.25, 0.3) is 10.2 Å². The summed E-state index contributed by atoms with van der Waals surface area (Å²) < 4.78 is 0.987. The summed E-state index contributed by atoms with van der Waals surface area (Å²) in [6, 6.07) is 16.2. The SMILES string of the molecule is CCCC(=O)Nc1nc2ccc(CC(=O)N3CCN(c4ccccc4)CC3)cc2s1. The summed E-state index contributed by atoms with van der Waals surface area (Å²) >= 11 is 1.45. The monoisotopic (exact) mass is 422 g/mol. The third kappa shape index (κ3) is 4.79. The number of carbonyl (C=O) groups excluding carboxylic acids is 2. The summed E-state index contributed by atoms with van der Waals surface area (Å²) in [6.45, 7) is 5.16. The number of piperazine rings is 1. The van der Waals surface area contributed by atoms with Gasteiger partial charge in [0.05, 0.1) is 16.6 Å². The minimum Gasteiger partial charge on any atom is -0.368 e. The standard InChI is InChI=1S/C23H26N4O2S/c1-2-6-21(28)25-23-24-19-10-9-17(15-20(19)30-23)16-22(29)27-13-11-26(12-14-27)18-7-4-3-5-8-18/h3-5,7-10,15H,2,6,11-14,16H2,1H3,(H,24,25,28). The van der Waals surface area contributed by atoms with E-state index in [0.29, 0.717) is 18.0 Å². The third-order valence-corrected chi connectivity index (χ3v) is 6.22. The number of nitrogens with zero attached hydrogens (tertiary/aromatic N) is 3. The molecule has 4 rings (SSSR count). The van der Waals surface area contributed by atoms with E-state index in [1.807, 2.05) is 48.2 Å². The average Bonchev–Trinajstić information content (AvgIpc) is 3.16. The predicted molar refractivity (Wildman–Crippen MR) is 122 cm³/mol. The Kier molecular flexibility index (Phi) is 6.28. The number of thiazole rings is 1. The highest BCUT2D eigenvalue weighted by molar-refractivity contribution is 7.22. The number of aromatic nitrogens is 1. The molecule has 3 aromatic rings. The van der Waals surface area contributed by atoms with E-state index >= 15 is 0 Å². The second-order valence-corrected chi connectivity index (χ2v) is 8.53. The highest BCUT2D eigenvalue weighted by Crippen LogP contribution is 2.27. The summed E-state index contributed by atoms with van der Waals surface area (Å²) in [7, 11) is 0. The molecular formula is C23H26N4O2S. The van der Waals surface area contributed by atoms with Crippen LogP contribution in [0.4, 0.5) is 10.8 Å². The lowest BCUT2D eigenvalue weighted by molar-refractivity contribution is -0.130. The minimum absolute atomic E-state index is 0.0124. The van der Waals surface area contributed by atoms with Gasteiger partial charge in [-0.25, -0.2) is 4.98 Å². The summed E-state index contributed by atoms with van der Waals surface area (Å²) in [4.78, 5) is 33.3. The second-order valence-electron chi connectivity index (χ2n) is 7.50. The number of nitrogens with one attached hydrogen (secondary N) is 1. The van der Waals surface area contributed by atoms with Gasteiger partial charge in [-0.3, -0.25) is 9.59 Å². The molecule has 2 amide bonds. The Hall–Kier alpha value is -2.93. The molecule has 0 spiro atoms. The van der Waals surface area contributed by atoms with Crippen LogP contribution in [0.1, 0.15) is 25.3 Å². The van der Waals surface area contributed by atoms with E-state index in [9.17, 15) is 9.59 Å². The summed E-state index contributed by atoms with van der Waals surface area (Å²) in [5.41, 5.74) is 3.04. The van der Waals surface area contributed by atoms with Gasteiger partial charge in [0, 0.05) is 38.3 Å². The smallest absolute Gasteiger partial charge is 0.227 e.